The molecule has 0 aliphatic heterocycles. The van der Waals surface area contributed by atoms with Crippen molar-refractivity contribution >= 4 is 23.2 Å². The van der Waals surface area contributed by atoms with E-state index in [1.165, 1.54) is 0 Å². The Hall–Kier alpha value is -1.84. The summed E-state index contributed by atoms with van der Waals surface area (Å²) in [6.07, 6.45) is 4.27. The lowest BCUT2D eigenvalue weighted by Crippen LogP contribution is -1.93. The van der Waals surface area contributed by atoms with Crippen LogP contribution in [0.4, 0.5) is 0 Å². The van der Waals surface area contributed by atoms with Crippen LogP contribution < -0.4 is 0 Å². The second kappa shape index (κ2) is 5.65. The Bertz CT molecular complexity index is 723. The van der Waals surface area contributed by atoms with Gasteiger partial charge in [-0.25, -0.2) is 4.98 Å². The second-order valence-electron chi connectivity index (χ2n) is 4.35. The van der Waals surface area contributed by atoms with Crippen molar-refractivity contribution in [2.45, 2.75) is 6.42 Å². The number of rotatable bonds is 3. The first kappa shape index (κ1) is 13.2. The third kappa shape index (κ3) is 2.84. The van der Waals surface area contributed by atoms with Crippen molar-refractivity contribution in [3.63, 3.8) is 0 Å². The van der Waals surface area contributed by atoms with Crippen LogP contribution in [0.2, 0.25) is 10.0 Å². The fourth-order valence-electron chi connectivity index (χ4n) is 1.96. The first-order valence-corrected chi connectivity index (χ1v) is 6.87. The average molecular weight is 304 g/mol. The Morgan fingerprint density at radius 3 is 2.75 bits per heavy atom. The van der Waals surface area contributed by atoms with Gasteiger partial charge in [-0.1, -0.05) is 29.3 Å². The van der Waals surface area contributed by atoms with E-state index in [0.29, 0.717) is 16.5 Å². The van der Waals surface area contributed by atoms with Gasteiger partial charge in [0.1, 0.15) is 5.82 Å². The lowest BCUT2D eigenvalue weighted by Gasteiger charge is -2.00. The fraction of sp³-hybridized carbons (Fsp3) is 0.0667. The molecule has 1 N–H and O–H groups in total. The number of nitrogens with one attached hydrogen (secondary N) is 1. The average Bonchev–Trinajstić information content (AvgIpc) is 2.88. The summed E-state index contributed by atoms with van der Waals surface area (Å²) >= 11 is 12.1. The predicted octanol–water partition coefficient (Wildman–Crippen LogP) is 4.37. The zero-order valence-electron chi connectivity index (χ0n) is 10.5. The van der Waals surface area contributed by atoms with E-state index in [4.69, 9.17) is 23.2 Å². The van der Waals surface area contributed by atoms with Gasteiger partial charge in [-0.05, 0) is 30.3 Å². The van der Waals surface area contributed by atoms with Crippen LogP contribution in [0.25, 0.3) is 11.3 Å². The van der Waals surface area contributed by atoms with E-state index in [2.05, 4.69) is 15.0 Å². The Balaban J connectivity index is 1.87. The molecule has 0 unspecified atom stereocenters. The summed E-state index contributed by atoms with van der Waals surface area (Å²) < 4.78 is 0. The minimum atomic E-state index is 0.591. The minimum Gasteiger partial charge on any atom is -0.348 e. The third-order valence-electron chi connectivity index (χ3n) is 2.91. The van der Waals surface area contributed by atoms with Crippen molar-refractivity contribution in [3.8, 4) is 11.3 Å². The van der Waals surface area contributed by atoms with Gasteiger partial charge in [-0.2, -0.15) is 0 Å². The van der Waals surface area contributed by atoms with E-state index < -0.39 is 0 Å². The minimum absolute atomic E-state index is 0.591. The molecule has 5 heteroatoms. The molecule has 0 aliphatic carbocycles. The van der Waals surface area contributed by atoms with Gasteiger partial charge in [0.15, 0.2) is 0 Å². The third-order valence-corrected chi connectivity index (χ3v) is 3.46. The molecule has 0 spiro atoms. The Morgan fingerprint density at radius 1 is 1.10 bits per heavy atom. The maximum Gasteiger partial charge on any atom is 0.112 e. The monoisotopic (exact) mass is 303 g/mol. The van der Waals surface area contributed by atoms with E-state index in [1.54, 1.807) is 18.3 Å². The maximum absolute atomic E-state index is 6.18. The largest absolute Gasteiger partial charge is 0.348 e. The van der Waals surface area contributed by atoms with E-state index in [0.717, 1.165) is 22.8 Å². The summed E-state index contributed by atoms with van der Waals surface area (Å²) in [5.74, 6) is 0.852. The number of H-pyrrole nitrogens is 1. The van der Waals surface area contributed by atoms with E-state index >= 15 is 0 Å². The van der Waals surface area contributed by atoms with Crippen LogP contribution in [-0.2, 0) is 6.42 Å². The molecule has 0 saturated carbocycles. The predicted molar refractivity (Wildman–Crippen MR) is 81.1 cm³/mol. The highest BCUT2D eigenvalue weighted by Crippen LogP contribution is 2.29. The summed E-state index contributed by atoms with van der Waals surface area (Å²) in [4.78, 5) is 12.0. The highest BCUT2D eigenvalue weighted by atomic mass is 35.5. The van der Waals surface area contributed by atoms with Gasteiger partial charge in [0.25, 0.3) is 0 Å². The topological polar surface area (TPSA) is 41.6 Å². The Kier molecular flexibility index (Phi) is 3.72. The van der Waals surface area contributed by atoms with Crippen molar-refractivity contribution in [1.29, 1.82) is 0 Å². The van der Waals surface area contributed by atoms with Gasteiger partial charge in [0.2, 0.25) is 0 Å². The number of nitrogens with zero attached hydrogens (tertiary/aromatic N) is 2. The number of benzene rings is 1. The zero-order chi connectivity index (χ0) is 13.9. The first-order chi connectivity index (χ1) is 9.72. The van der Waals surface area contributed by atoms with Crippen LogP contribution in [0.15, 0.2) is 48.8 Å². The standard InChI is InChI=1S/C15H11Cl2N3/c16-10-4-5-12(13(17)7-10)14-9-19-15(20-14)8-11-3-1-2-6-18-11/h1-7,9H,8H2,(H,19,20). The van der Waals surface area contributed by atoms with E-state index in [-0.39, 0.29) is 0 Å². The summed E-state index contributed by atoms with van der Waals surface area (Å²) in [5.41, 5.74) is 2.63. The number of halogens is 2. The van der Waals surface area contributed by atoms with Crippen molar-refractivity contribution in [1.82, 2.24) is 15.0 Å². The molecule has 0 aliphatic rings. The molecule has 3 nitrogen and oxygen atoms in total. The summed E-state index contributed by atoms with van der Waals surface area (Å²) in [7, 11) is 0. The molecule has 20 heavy (non-hydrogen) atoms. The Labute approximate surface area is 126 Å². The molecule has 2 heterocycles. The van der Waals surface area contributed by atoms with Gasteiger partial charge in [0, 0.05) is 35.1 Å². The number of hydrogen-bond acceptors (Lipinski definition) is 2. The molecule has 1 aromatic carbocycles. The second-order valence-corrected chi connectivity index (χ2v) is 5.20. The van der Waals surface area contributed by atoms with Crippen molar-refractivity contribution < 1.29 is 0 Å². The van der Waals surface area contributed by atoms with Crippen LogP contribution in [-0.4, -0.2) is 15.0 Å². The van der Waals surface area contributed by atoms with Crippen LogP contribution >= 0.6 is 23.2 Å². The summed E-state index contributed by atoms with van der Waals surface area (Å²) in [6.45, 7) is 0. The molecule has 2 aromatic heterocycles. The molecule has 0 saturated heterocycles. The smallest absolute Gasteiger partial charge is 0.112 e. The van der Waals surface area contributed by atoms with Crippen LogP contribution in [0.3, 0.4) is 0 Å². The van der Waals surface area contributed by atoms with E-state index in [1.807, 2.05) is 30.5 Å². The highest BCUT2D eigenvalue weighted by Gasteiger charge is 2.09. The summed E-state index contributed by atoms with van der Waals surface area (Å²) in [5, 5.41) is 1.20. The quantitative estimate of drug-likeness (QED) is 0.780. The van der Waals surface area contributed by atoms with Gasteiger partial charge < -0.3 is 4.98 Å². The van der Waals surface area contributed by atoms with Crippen LogP contribution in [0, 0.1) is 0 Å². The number of imidazole rings is 1. The van der Waals surface area contributed by atoms with Crippen LogP contribution in [0.1, 0.15) is 11.5 Å². The molecular formula is C15H11Cl2N3. The first-order valence-electron chi connectivity index (χ1n) is 6.12. The molecular weight excluding hydrogens is 293 g/mol. The highest BCUT2D eigenvalue weighted by molar-refractivity contribution is 6.36. The van der Waals surface area contributed by atoms with Crippen molar-refractivity contribution in [2.24, 2.45) is 0 Å². The molecule has 0 amide bonds. The van der Waals surface area contributed by atoms with Gasteiger partial charge in [0.05, 0.1) is 10.7 Å². The van der Waals surface area contributed by atoms with Crippen molar-refractivity contribution in [3.05, 3.63) is 70.4 Å². The molecule has 0 radical (unpaired) electrons. The van der Waals surface area contributed by atoms with Crippen LogP contribution in [0.5, 0.6) is 0 Å². The fourth-order valence-corrected chi connectivity index (χ4v) is 2.47. The molecule has 3 aromatic rings. The lowest BCUT2D eigenvalue weighted by molar-refractivity contribution is 0.977. The maximum atomic E-state index is 6.18. The molecule has 0 bridgehead atoms. The van der Waals surface area contributed by atoms with Gasteiger partial charge in [-0.15, -0.1) is 0 Å². The normalized spacial score (nSPS) is 10.7. The van der Waals surface area contributed by atoms with E-state index in [9.17, 15) is 0 Å². The molecule has 100 valence electrons. The van der Waals surface area contributed by atoms with Gasteiger partial charge >= 0.3 is 0 Å². The van der Waals surface area contributed by atoms with Gasteiger partial charge in [-0.3, -0.25) is 4.98 Å². The number of aromatic amines is 1. The summed E-state index contributed by atoms with van der Waals surface area (Å²) in [6, 6.07) is 11.2. The van der Waals surface area contributed by atoms with Crippen molar-refractivity contribution in [2.75, 3.05) is 0 Å². The molecule has 0 fully saturated rings. The number of aromatic nitrogens is 3. The Morgan fingerprint density at radius 2 is 2.00 bits per heavy atom. The number of hydrogen-bond donors (Lipinski definition) is 1. The molecule has 3 rings (SSSR count). The lowest BCUT2D eigenvalue weighted by atomic mass is 10.2. The SMILES string of the molecule is Clc1ccc(-c2c[nH]c(Cc3ccccn3)n2)c(Cl)c1. The number of pyridine rings is 1. The zero-order valence-corrected chi connectivity index (χ0v) is 12.0. The molecule has 0 atom stereocenters.